The van der Waals surface area contributed by atoms with Gasteiger partial charge in [0.1, 0.15) is 0 Å². The van der Waals surface area contributed by atoms with Crippen molar-refractivity contribution in [3.63, 3.8) is 0 Å². The molecule has 2 nitrogen and oxygen atoms in total. The minimum absolute atomic E-state index is 0.126. The van der Waals surface area contributed by atoms with Gasteiger partial charge < -0.3 is 5.32 Å². The van der Waals surface area contributed by atoms with E-state index in [1.54, 1.807) is 11.3 Å². The van der Waals surface area contributed by atoms with Crippen LogP contribution in [0.1, 0.15) is 4.88 Å². The van der Waals surface area contributed by atoms with Crippen LogP contribution >= 0.6 is 11.3 Å². The molecule has 1 heterocycles. The van der Waals surface area contributed by atoms with Gasteiger partial charge in [-0.05, 0) is 17.5 Å². The van der Waals surface area contributed by atoms with Crippen LogP contribution < -0.4 is 5.32 Å². The van der Waals surface area contributed by atoms with Crippen molar-refractivity contribution in [3.8, 4) is 0 Å². The number of carbonyl (C=O) groups is 1. The Morgan fingerprint density at radius 2 is 2.64 bits per heavy atom. The lowest BCUT2D eigenvalue weighted by molar-refractivity contribution is -0.116. The molecular formula is C8H9NOS. The van der Waals surface area contributed by atoms with Crippen molar-refractivity contribution in [2.45, 2.75) is 6.54 Å². The molecule has 0 fully saturated rings. The summed E-state index contributed by atoms with van der Waals surface area (Å²) in [5.74, 6) is -0.126. The number of amides is 1. The first kappa shape index (κ1) is 8.01. The smallest absolute Gasteiger partial charge is 0.243 e. The van der Waals surface area contributed by atoms with E-state index >= 15 is 0 Å². The molecule has 1 N–H and O–H groups in total. The van der Waals surface area contributed by atoms with Gasteiger partial charge in [0, 0.05) is 4.88 Å². The first-order valence-electron chi connectivity index (χ1n) is 3.25. The van der Waals surface area contributed by atoms with E-state index in [4.69, 9.17) is 0 Å². The predicted octanol–water partition coefficient (Wildman–Crippen LogP) is 1.55. The number of nitrogens with one attached hydrogen (secondary N) is 1. The van der Waals surface area contributed by atoms with Crippen LogP contribution in [0.25, 0.3) is 0 Å². The van der Waals surface area contributed by atoms with E-state index in [-0.39, 0.29) is 5.91 Å². The van der Waals surface area contributed by atoms with E-state index in [0.29, 0.717) is 6.54 Å². The average Bonchev–Trinajstić information content (AvgIpc) is 2.52. The Morgan fingerprint density at radius 3 is 3.18 bits per heavy atom. The summed E-state index contributed by atoms with van der Waals surface area (Å²) >= 11 is 1.63. The van der Waals surface area contributed by atoms with Crippen molar-refractivity contribution < 1.29 is 4.79 Å². The normalized spacial score (nSPS) is 9.09. The second-order valence-electron chi connectivity index (χ2n) is 2.00. The Balaban J connectivity index is 2.34. The topological polar surface area (TPSA) is 29.1 Å². The van der Waals surface area contributed by atoms with Crippen LogP contribution in [0, 0.1) is 0 Å². The zero-order valence-corrected chi connectivity index (χ0v) is 6.86. The van der Waals surface area contributed by atoms with Crippen molar-refractivity contribution >= 4 is 17.2 Å². The zero-order valence-electron chi connectivity index (χ0n) is 6.04. The van der Waals surface area contributed by atoms with Crippen LogP contribution in [0.2, 0.25) is 0 Å². The molecule has 0 atom stereocenters. The van der Waals surface area contributed by atoms with Gasteiger partial charge in [-0.1, -0.05) is 12.6 Å². The number of hydrogen-bond acceptors (Lipinski definition) is 2. The first-order chi connectivity index (χ1) is 5.33. The second-order valence-corrected chi connectivity index (χ2v) is 3.03. The van der Waals surface area contributed by atoms with Gasteiger partial charge in [0.15, 0.2) is 0 Å². The molecule has 0 spiro atoms. The SMILES string of the molecule is C=CC(=O)NCc1cccs1. The van der Waals surface area contributed by atoms with E-state index in [0.717, 1.165) is 4.88 Å². The third-order valence-electron chi connectivity index (χ3n) is 1.20. The highest BCUT2D eigenvalue weighted by Gasteiger charge is 1.94. The maximum atomic E-state index is 10.7. The standard InChI is InChI=1S/C8H9NOS/c1-2-8(10)9-6-7-4-3-5-11-7/h2-5H,1,6H2,(H,9,10). The Morgan fingerprint density at radius 1 is 1.82 bits per heavy atom. The molecule has 0 aliphatic heterocycles. The minimum Gasteiger partial charge on any atom is -0.348 e. The molecule has 58 valence electrons. The summed E-state index contributed by atoms with van der Waals surface area (Å²) in [6.45, 7) is 3.95. The van der Waals surface area contributed by atoms with Gasteiger partial charge >= 0.3 is 0 Å². The van der Waals surface area contributed by atoms with Crippen molar-refractivity contribution in [1.82, 2.24) is 5.32 Å². The van der Waals surface area contributed by atoms with Gasteiger partial charge in [0.05, 0.1) is 6.54 Å². The Labute approximate surface area is 69.6 Å². The van der Waals surface area contributed by atoms with Crippen LogP contribution in [-0.2, 0) is 11.3 Å². The number of rotatable bonds is 3. The van der Waals surface area contributed by atoms with Gasteiger partial charge in [0.2, 0.25) is 5.91 Å². The van der Waals surface area contributed by atoms with Gasteiger partial charge in [-0.15, -0.1) is 11.3 Å². The summed E-state index contributed by atoms with van der Waals surface area (Å²) in [6.07, 6.45) is 1.27. The van der Waals surface area contributed by atoms with E-state index in [9.17, 15) is 4.79 Å². The zero-order chi connectivity index (χ0) is 8.10. The van der Waals surface area contributed by atoms with Crippen LogP contribution in [0.15, 0.2) is 30.2 Å². The molecule has 0 aliphatic rings. The minimum atomic E-state index is -0.126. The van der Waals surface area contributed by atoms with Gasteiger partial charge in [-0.2, -0.15) is 0 Å². The van der Waals surface area contributed by atoms with Gasteiger partial charge in [-0.25, -0.2) is 0 Å². The number of hydrogen-bond donors (Lipinski definition) is 1. The lowest BCUT2D eigenvalue weighted by atomic mass is 10.4. The molecule has 1 rings (SSSR count). The van der Waals surface area contributed by atoms with Crippen molar-refractivity contribution in [2.75, 3.05) is 0 Å². The molecule has 3 heteroatoms. The Bertz CT molecular complexity index is 241. The molecule has 0 saturated carbocycles. The highest BCUT2D eigenvalue weighted by molar-refractivity contribution is 7.09. The summed E-state index contributed by atoms with van der Waals surface area (Å²) in [4.78, 5) is 11.8. The molecule has 1 aromatic heterocycles. The van der Waals surface area contributed by atoms with E-state index < -0.39 is 0 Å². The predicted molar refractivity (Wildman–Crippen MR) is 46.4 cm³/mol. The summed E-state index contributed by atoms with van der Waals surface area (Å²) in [5.41, 5.74) is 0. The maximum absolute atomic E-state index is 10.7. The quantitative estimate of drug-likeness (QED) is 0.680. The van der Waals surface area contributed by atoms with E-state index in [2.05, 4.69) is 11.9 Å². The molecule has 0 bridgehead atoms. The maximum Gasteiger partial charge on any atom is 0.243 e. The van der Waals surface area contributed by atoms with Crippen LogP contribution in [0.4, 0.5) is 0 Å². The van der Waals surface area contributed by atoms with Crippen LogP contribution in [-0.4, -0.2) is 5.91 Å². The van der Waals surface area contributed by atoms with E-state index in [1.165, 1.54) is 6.08 Å². The van der Waals surface area contributed by atoms with Crippen LogP contribution in [0.3, 0.4) is 0 Å². The Hall–Kier alpha value is -1.09. The second kappa shape index (κ2) is 3.93. The van der Waals surface area contributed by atoms with E-state index in [1.807, 2.05) is 17.5 Å². The molecule has 0 radical (unpaired) electrons. The third-order valence-corrected chi connectivity index (χ3v) is 2.08. The molecular weight excluding hydrogens is 158 g/mol. The number of carbonyl (C=O) groups excluding carboxylic acids is 1. The van der Waals surface area contributed by atoms with Crippen molar-refractivity contribution in [2.24, 2.45) is 0 Å². The highest BCUT2D eigenvalue weighted by atomic mass is 32.1. The fraction of sp³-hybridized carbons (Fsp3) is 0.125. The van der Waals surface area contributed by atoms with Crippen molar-refractivity contribution in [3.05, 3.63) is 35.0 Å². The lowest BCUT2D eigenvalue weighted by Gasteiger charge is -1.96. The molecule has 1 amide bonds. The average molecular weight is 167 g/mol. The summed E-state index contributed by atoms with van der Waals surface area (Å²) < 4.78 is 0. The largest absolute Gasteiger partial charge is 0.348 e. The van der Waals surface area contributed by atoms with Crippen LogP contribution in [0.5, 0.6) is 0 Å². The fourth-order valence-corrected chi connectivity index (χ4v) is 1.30. The fourth-order valence-electron chi connectivity index (χ4n) is 0.660. The van der Waals surface area contributed by atoms with Gasteiger partial charge in [-0.3, -0.25) is 4.79 Å². The summed E-state index contributed by atoms with van der Waals surface area (Å²) in [6, 6.07) is 3.94. The number of thiophene rings is 1. The monoisotopic (exact) mass is 167 g/mol. The molecule has 0 unspecified atom stereocenters. The van der Waals surface area contributed by atoms with Crippen molar-refractivity contribution in [1.29, 1.82) is 0 Å². The molecule has 1 aromatic rings. The molecule has 0 aliphatic carbocycles. The van der Waals surface area contributed by atoms with Gasteiger partial charge in [0.25, 0.3) is 0 Å². The lowest BCUT2D eigenvalue weighted by Crippen LogP contribution is -2.19. The third kappa shape index (κ3) is 2.55. The highest BCUT2D eigenvalue weighted by Crippen LogP contribution is 2.06. The summed E-state index contributed by atoms with van der Waals surface area (Å²) in [5, 5.41) is 4.67. The summed E-state index contributed by atoms with van der Waals surface area (Å²) in [7, 11) is 0. The molecule has 0 aromatic carbocycles. The first-order valence-corrected chi connectivity index (χ1v) is 4.13. The Kier molecular flexibility index (Phi) is 2.86. The molecule has 11 heavy (non-hydrogen) atoms. The molecule has 0 saturated heterocycles.